The van der Waals surface area contributed by atoms with E-state index in [-0.39, 0.29) is 18.5 Å². The molecule has 6 nitrogen and oxygen atoms in total. The van der Waals surface area contributed by atoms with Crippen molar-refractivity contribution in [1.29, 1.82) is 0 Å². The zero-order chi connectivity index (χ0) is 64.9. The summed E-state index contributed by atoms with van der Waals surface area (Å²) in [7, 11) is 0. The summed E-state index contributed by atoms with van der Waals surface area (Å²) in [5.41, 5.74) is 0. The summed E-state index contributed by atoms with van der Waals surface area (Å²) in [5, 5.41) is 23.3. The molecule has 0 heterocycles. The molecule has 2 unspecified atom stereocenters. The van der Waals surface area contributed by atoms with Crippen molar-refractivity contribution < 1.29 is 24.5 Å². The van der Waals surface area contributed by atoms with Crippen LogP contribution in [0, 0.1) is 0 Å². The Morgan fingerprint density at radius 3 is 0.789 bits per heavy atom. The predicted molar refractivity (Wildman–Crippen MR) is 398 cm³/mol. The van der Waals surface area contributed by atoms with Crippen molar-refractivity contribution in [1.82, 2.24) is 5.32 Å². The fourth-order valence-electron chi connectivity index (χ4n) is 13.4. The van der Waals surface area contributed by atoms with Crippen molar-refractivity contribution in [3.05, 3.63) is 24.3 Å². The van der Waals surface area contributed by atoms with Crippen LogP contribution in [0.3, 0.4) is 0 Å². The number of esters is 1. The van der Waals surface area contributed by atoms with Crippen LogP contribution in [0.2, 0.25) is 0 Å². The summed E-state index contributed by atoms with van der Waals surface area (Å²) in [5.74, 6) is -0.0424. The van der Waals surface area contributed by atoms with Crippen molar-refractivity contribution in [2.75, 3.05) is 13.2 Å². The largest absolute Gasteiger partial charge is 0.466 e. The van der Waals surface area contributed by atoms with Crippen molar-refractivity contribution >= 4 is 11.9 Å². The molecule has 0 aromatic heterocycles. The Kier molecular flexibility index (Phi) is 78.3. The van der Waals surface area contributed by atoms with Gasteiger partial charge in [-0.25, -0.2) is 0 Å². The summed E-state index contributed by atoms with van der Waals surface area (Å²) in [6.45, 7) is 4.96. The first-order chi connectivity index (χ1) is 44.5. The lowest BCUT2D eigenvalue weighted by Crippen LogP contribution is -2.45. The summed E-state index contributed by atoms with van der Waals surface area (Å²) < 4.78 is 5.51. The smallest absolute Gasteiger partial charge is 0.305 e. The lowest BCUT2D eigenvalue weighted by molar-refractivity contribution is -0.143. The quantitative estimate of drug-likeness (QED) is 0.0320. The van der Waals surface area contributed by atoms with Crippen molar-refractivity contribution in [3.63, 3.8) is 0 Å². The third-order valence-corrected chi connectivity index (χ3v) is 19.7. The van der Waals surface area contributed by atoms with Crippen LogP contribution in [0.25, 0.3) is 0 Å². The normalized spacial score (nSPS) is 12.5. The van der Waals surface area contributed by atoms with Crippen LogP contribution in [0.4, 0.5) is 0 Å². The number of carbonyl (C=O) groups is 2. The lowest BCUT2D eigenvalue weighted by Gasteiger charge is -2.20. The second kappa shape index (κ2) is 79.8. The highest BCUT2D eigenvalue weighted by Gasteiger charge is 2.18. The van der Waals surface area contributed by atoms with Gasteiger partial charge < -0.3 is 20.3 Å². The first-order valence-corrected chi connectivity index (χ1v) is 41.6. The SMILES string of the molecule is CCCCCCCCC/C=C\CCCCCCCC(=O)OCCCCCCCCCCCCCCCCCCCCCCCCCCCCCCCCCCCC(=O)NC(CO)C(O)/C=C/CCCCCCCCCCCCCCCCCCCCCCCC. The van der Waals surface area contributed by atoms with Gasteiger partial charge in [-0.1, -0.05) is 430 Å². The maximum atomic E-state index is 12.6. The van der Waals surface area contributed by atoms with E-state index in [1.54, 1.807) is 6.08 Å². The zero-order valence-corrected chi connectivity index (χ0v) is 61.4. The average Bonchev–Trinajstić information content (AvgIpc) is 3.68. The Hall–Kier alpha value is -1.66. The second-order valence-corrected chi connectivity index (χ2v) is 28.8. The third-order valence-electron chi connectivity index (χ3n) is 19.7. The molecule has 0 aromatic rings. The molecule has 0 saturated carbocycles. The van der Waals surface area contributed by atoms with Crippen molar-refractivity contribution in [3.8, 4) is 0 Å². The topological polar surface area (TPSA) is 95.9 Å². The van der Waals surface area contributed by atoms with Crippen molar-refractivity contribution in [2.45, 2.75) is 488 Å². The maximum absolute atomic E-state index is 12.6. The number of hydrogen-bond acceptors (Lipinski definition) is 5. The van der Waals surface area contributed by atoms with Crippen LogP contribution < -0.4 is 5.32 Å². The molecule has 0 saturated heterocycles. The standard InChI is InChI=1S/C84H163NO5/c1-3-5-7-9-11-13-15-17-19-21-22-23-24-36-39-42-45-48-52-56-60-64-68-72-76-82(87)81(80-86)85-83(88)77-73-69-65-61-57-53-49-46-43-40-37-34-32-30-28-26-25-27-29-31-33-35-38-41-44-47-51-55-59-63-67-71-75-79-90-84(89)78-74-70-66-62-58-54-50-20-18-16-14-12-10-8-6-4-2/h20,50,72,76,81-82,86-87H,3-19,21-49,51-71,73-75,77-80H2,1-2H3,(H,85,88)/b50-20-,76-72+. The van der Waals surface area contributed by atoms with E-state index < -0.39 is 12.1 Å². The summed E-state index contributed by atoms with van der Waals surface area (Å²) >= 11 is 0. The van der Waals surface area contributed by atoms with Crippen molar-refractivity contribution in [2.24, 2.45) is 0 Å². The first kappa shape index (κ1) is 88.3. The molecular formula is C84H163NO5. The summed E-state index contributed by atoms with van der Waals surface area (Å²) in [4.78, 5) is 24.7. The van der Waals surface area contributed by atoms with E-state index >= 15 is 0 Å². The number of unbranched alkanes of at least 4 members (excludes halogenated alkanes) is 66. The average molecular weight is 1270 g/mol. The fraction of sp³-hybridized carbons (Fsp3) is 0.929. The number of hydrogen-bond donors (Lipinski definition) is 3. The van der Waals surface area contributed by atoms with Gasteiger partial charge in [0.05, 0.1) is 25.4 Å². The van der Waals surface area contributed by atoms with Crippen LogP contribution in [-0.2, 0) is 14.3 Å². The monoisotopic (exact) mass is 1270 g/mol. The Bertz CT molecular complexity index is 1410. The molecule has 0 aliphatic carbocycles. The summed E-state index contributed by atoms with van der Waals surface area (Å²) in [6.07, 6.45) is 103. The van der Waals surface area contributed by atoms with E-state index in [9.17, 15) is 19.8 Å². The second-order valence-electron chi connectivity index (χ2n) is 28.8. The number of ether oxygens (including phenoxy) is 1. The molecule has 0 fully saturated rings. The third kappa shape index (κ3) is 75.4. The van der Waals surface area contributed by atoms with Gasteiger partial charge in [0.25, 0.3) is 0 Å². The van der Waals surface area contributed by atoms with Gasteiger partial charge in [-0.3, -0.25) is 9.59 Å². The van der Waals surface area contributed by atoms with E-state index in [1.165, 1.54) is 405 Å². The molecule has 2 atom stereocenters. The summed E-state index contributed by atoms with van der Waals surface area (Å²) in [6, 6.07) is -0.625. The number of amides is 1. The van der Waals surface area contributed by atoms with Crippen LogP contribution in [0.15, 0.2) is 24.3 Å². The van der Waals surface area contributed by atoms with Gasteiger partial charge in [-0.05, 0) is 57.8 Å². The molecule has 0 aliphatic rings. The molecule has 90 heavy (non-hydrogen) atoms. The van der Waals surface area contributed by atoms with Crippen LogP contribution >= 0.6 is 0 Å². The predicted octanol–water partition coefficient (Wildman–Crippen LogP) is 27.6. The van der Waals surface area contributed by atoms with E-state index in [2.05, 4.69) is 31.3 Å². The molecule has 0 aliphatic heterocycles. The number of carbonyl (C=O) groups excluding carboxylic acids is 2. The number of nitrogens with one attached hydrogen (secondary N) is 1. The molecule has 0 aromatic carbocycles. The Morgan fingerprint density at radius 2 is 0.522 bits per heavy atom. The fourth-order valence-corrected chi connectivity index (χ4v) is 13.4. The number of aliphatic hydroxyl groups is 2. The number of allylic oxidation sites excluding steroid dienone is 3. The van der Waals surface area contributed by atoms with Gasteiger partial charge in [0.2, 0.25) is 5.91 Å². The molecular weight excluding hydrogens is 1100 g/mol. The molecule has 0 radical (unpaired) electrons. The van der Waals surface area contributed by atoms with Gasteiger partial charge in [-0.2, -0.15) is 0 Å². The minimum Gasteiger partial charge on any atom is -0.466 e. The Labute approximate surface area is 564 Å². The Morgan fingerprint density at radius 1 is 0.300 bits per heavy atom. The molecule has 0 spiro atoms. The minimum atomic E-state index is -0.843. The lowest BCUT2D eigenvalue weighted by atomic mass is 10.0. The highest BCUT2D eigenvalue weighted by molar-refractivity contribution is 5.76. The van der Waals surface area contributed by atoms with E-state index in [1.807, 2.05) is 6.08 Å². The Balaban J connectivity index is 3.34. The molecule has 0 rings (SSSR count). The van der Waals surface area contributed by atoms with Gasteiger partial charge in [0.1, 0.15) is 0 Å². The van der Waals surface area contributed by atoms with Gasteiger partial charge in [0, 0.05) is 12.8 Å². The number of rotatable bonds is 79. The molecule has 0 bridgehead atoms. The van der Waals surface area contributed by atoms with Gasteiger partial charge in [0.15, 0.2) is 0 Å². The highest BCUT2D eigenvalue weighted by Crippen LogP contribution is 2.20. The molecule has 1 amide bonds. The minimum absolute atomic E-state index is 0.0152. The van der Waals surface area contributed by atoms with E-state index in [0.717, 1.165) is 44.9 Å². The zero-order valence-electron chi connectivity index (χ0n) is 61.4. The first-order valence-electron chi connectivity index (χ1n) is 41.6. The van der Waals surface area contributed by atoms with E-state index in [4.69, 9.17) is 4.74 Å². The molecule has 6 heteroatoms. The van der Waals surface area contributed by atoms with Crippen LogP contribution in [0.5, 0.6) is 0 Å². The molecule has 534 valence electrons. The van der Waals surface area contributed by atoms with Crippen LogP contribution in [0.1, 0.15) is 476 Å². The number of aliphatic hydroxyl groups excluding tert-OH is 2. The highest BCUT2D eigenvalue weighted by atomic mass is 16.5. The van der Waals surface area contributed by atoms with Gasteiger partial charge >= 0.3 is 5.97 Å². The van der Waals surface area contributed by atoms with Gasteiger partial charge in [-0.15, -0.1) is 0 Å². The maximum Gasteiger partial charge on any atom is 0.305 e. The van der Waals surface area contributed by atoms with E-state index in [0.29, 0.717) is 19.4 Å². The van der Waals surface area contributed by atoms with Crippen LogP contribution in [-0.4, -0.2) is 47.4 Å². The molecule has 3 N–H and O–H groups in total.